The van der Waals surface area contributed by atoms with E-state index in [4.69, 9.17) is 10.3 Å². The molecule has 0 radical (unpaired) electrons. The fraction of sp³-hybridized carbons (Fsp3) is 1.00. The third kappa shape index (κ3) is 29.8. The van der Waals surface area contributed by atoms with Crippen molar-refractivity contribution in [2.75, 3.05) is 6.61 Å². The van der Waals surface area contributed by atoms with Gasteiger partial charge < -0.3 is 5.73 Å². The summed E-state index contributed by atoms with van der Waals surface area (Å²) in [5.41, 5.74) is 5.72. The van der Waals surface area contributed by atoms with Gasteiger partial charge in [-0.3, -0.25) is 4.55 Å². The van der Waals surface area contributed by atoms with E-state index in [9.17, 15) is 8.42 Å². The summed E-state index contributed by atoms with van der Waals surface area (Å²) in [4.78, 5) is 0. The Bertz CT molecular complexity index is 332. The Kier molecular flexibility index (Phi) is 20.8. The first kappa shape index (κ1) is 26.1. The van der Waals surface area contributed by atoms with Gasteiger partial charge in [-0.2, -0.15) is 8.42 Å². The largest absolute Gasteiger partial charge is 0.397 e. The van der Waals surface area contributed by atoms with E-state index in [1.165, 1.54) is 90.4 Å². The molecule has 0 saturated carbocycles. The van der Waals surface area contributed by atoms with Gasteiger partial charge in [0.05, 0.1) is 6.61 Å². The molecule has 24 heavy (non-hydrogen) atoms. The molecule has 0 aromatic rings. The summed E-state index contributed by atoms with van der Waals surface area (Å²) in [6.45, 7) is 5.83. The van der Waals surface area contributed by atoms with Crippen molar-refractivity contribution >= 4 is 10.4 Å². The van der Waals surface area contributed by atoms with E-state index in [0.29, 0.717) is 6.04 Å². The lowest BCUT2D eigenvalue weighted by Gasteiger charge is -2.04. The van der Waals surface area contributed by atoms with Gasteiger partial charge in [0.25, 0.3) is 0 Å². The van der Waals surface area contributed by atoms with Crippen molar-refractivity contribution in [1.29, 1.82) is 0 Å². The molecule has 6 heteroatoms. The summed E-state index contributed by atoms with van der Waals surface area (Å²) >= 11 is 0. The summed E-state index contributed by atoms with van der Waals surface area (Å²) in [7, 11) is -4.17. The van der Waals surface area contributed by atoms with Crippen molar-refractivity contribution < 1.29 is 17.2 Å². The van der Waals surface area contributed by atoms with Gasteiger partial charge >= 0.3 is 10.4 Å². The lowest BCUT2D eigenvalue weighted by Crippen LogP contribution is -2.13. The zero-order valence-electron chi connectivity index (χ0n) is 16.1. The van der Waals surface area contributed by atoms with Gasteiger partial charge in [0, 0.05) is 6.04 Å². The van der Waals surface area contributed by atoms with E-state index in [0.717, 1.165) is 0 Å². The molecule has 0 amide bonds. The molecule has 148 valence electrons. The monoisotopic (exact) mass is 367 g/mol. The number of nitrogens with two attached hydrogens (primary N) is 1. The summed E-state index contributed by atoms with van der Waals surface area (Å²) in [6.07, 6.45) is 18.3. The highest BCUT2D eigenvalue weighted by Crippen LogP contribution is 2.12. The van der Waals surface area contributed by atoms with E-state index in [1.807, 2.05) is 0 Å². The lowest BCUT2D eigenvalue weighted by atomic mass is 10.0. The van der Waals surface area contributed by atoms with Crippen LogP contribution < -0.4 is 5.73 Å². The van der Waals surface area contributed by atoms with Gasteiger partial charge in [0.15, 0.2) is 0 Å². The maximum atomic E-state index is 9.56. The Balaban J connectivity index is 0. The van der Waals surface area contributed by atoms with Crippen molar-refractivity contribution in [2.24, 2.45) is 5.73 Å². The topological polar surface area (TPSA) is 89.6 Å². The SMILES string of the molecule is CCCCCCCCCCCCCCC(C)N.CCOS(=O)(=O)O. The van der Waals surface area contributed by atoms with Crippen LogP contribution in [0.3, 0.4) is 0 Å². The van der Waals surface area contributed by atoms with Crippen LogP contribution in [0, 0.1) is 0 Å². The lowest BCUT2D eigenvalue weighted by molar-refractivity contribution is 0.283. The molecule has 0 fully saturated rings. The fourth-order valence-corrected chi connectivity index (χ4v) is 2.75. The molecule has 0 rings (SSSR count). The van der Waals surface area contributed by atoms with Crippen LogP contribution in [-0.4, -0.2) is 25.6 Å². The molecule has 0 spiro atoms. The van der Waals surface area contributed by atoms with Crippen molar-refractivity contribution in [3.63, 3.8) is 0 Å². The smallest absolute Gasteiger partial charge is 0.328 e. The second-order valence-electron chi connectivity index (χ2n) is 6.49. The number of rotatable bonds is 15. The average Bonchev–Trinajstić information content (AvgIpc) is 2.47. The van der Waals surface area contributed by atoms with Crippen LogP contribution in [0.25, 0.3) is 0 Å². The van der Waals surface area contributed by atoms with Gasteiger partial charge in [-0.05, 0) is 20.3 Å². The molecule has 0 heterocycles. The Morgan fingerprint density at radius 2 is 1.21 bits per heavy atom. The van der Waals surface area contributed by atoms with Crippen LogP contribution in [0.2, 0.25) is 0 Å². The van der Waals surface area contributed by atoms with Crippen molar-refractivity contribution in [3.8, 4) is 0 Å². The fourth-order valence-electron chi connectivity index (χ4n) is 2.46. The molecule has 0 aliphatic heterocycles. The van der Waals surface area contributed by atoms with Crippen LogP contribution in [0.4, 0.5) is 0 Å². The molecule has 5 nitrogen and oxygen atoms in total. The molecule has 0 aliphatic rings. The minimum absolute atomic E-state index is 0.0289. The molecule has 0 aromatic carbocycles. The van der Waals surface area contributed by atoms with Crippen molar-refractivity contribution in [2.45, 2.75) is 110 Å². The van der Waals surface area contributed by atoms with Crippen LogP contribution in [-0.2, 0) is 14.6 Å². The van der Waals surface area contributed by atoms with E-state index < -0.39 is 10.4 Å². The zero-order valence-corrected chi connectivity index (χ0v) is 17.0. The second kappa shape index (κ2) is 19.2. The number of hydrogen-bond donors (Lipinski definition) is 2. The van der Waals surface area contributed by atoms with E-state index >= 15 is 0 Å². The highest BCUT2D eigenvalue weighted by atomic mass is 32.3. The summed E-state index contributed by atoms with van der Waals surface area (Å²) < 4.78 is 30.7. The Labute approximate surface area is 150 Å². The third-order valence-corrected chi connectivity index (χ3v) is 4.31. The molecular formula is C18H41NO4S. The predicted molar refractivity (Wildman–Crippen MR) is 103 cm³/mol. The summed E-state index contributed by atoms with van der Waals surface area (Å²) in [5, 5.41) is 0. The molecule has 1 atom stereocenters. The van der Waals surface area contributed by atoms with E-state index in [1.54, 1.807) is 0 Å². The minimum Gasteiger partial charge on any atom is -0.328 e. The normalized spacial score (nSPS) is 12.5. The van der Waals surface area contributed by atoms with Crippen LogP contribution >= 0.6 is 0 Å². The minimum atomic E-state index is -4.17. The number of hydrogen-bond acceptors (Lipinski definition) is 4. The molecule has 1 unspecified atom stereocenters. The number of unbranched alkanes of at least 4 members (excludes halogenated alkanes) is 11. The second-order valence-corrected chi connectivity index (χ2v) is 7.58. The van der Waals surface area contributed by atoms with Crippen LogP contribution in [0.15, 0.2) is 0 Å². The molecular weight excluding hydrogens is 326 g/mol. The van der Waals surface area contributed by atoms with Gasteiger partial charge in [0.1, 0.15) is 0 Å². The Morgan fingerprint density at radius 1 is 0.833 bits per heavy atom. The molecule has 0 bridgehead atoms. The predicted octanol–water partition coefficient (Wildman–Crippen LogP) is 5.25. The first-order valence-electron chi connectivity index (χ1n) is 9.70. The van der Waals surface area contributed by atoms with Gasteiger partial charge in [-0.15, -0.1) is 0 Å². The maximum absolute atomic E-state index is 9.56. The quantitative estimate of drug-likeness (QED) is 0.305. The molecule has 3 N–H and O–H groups in total. The summed E-state index contributed by atoms with van der Waals surface area (Å²) in [6, 6.07) is 0.401. The summed E-state index contributed by atoms with van der Waals surface area (Å²) in [5.74, 6) is 0. The third-order valence-electron chi connectivity index (χ3n) is 3.78. The average molecular weight is 368 g/mol. The Hall–Kier alpha value is -0.170. The first-order chi connectivity index (χ1) is 11.3. The molecule has 0 aliphatic carbocycles. The Morgan fingerprint density at radius 3 is 1.46 bits per heavy atom. The van der Waals surface area contributed by atoms with Gasteiger partial charge in [-0.1, -0.05) is 84.0 Å². The van der Waals surface area contributed by atoms with E-state index in [-0.39, 0.29) is 6.61 Å². The van der Waals surface area contributed by atoms with Crippen LogP contribution in [0.5, 0.6) is 0 Å². The zero-order chi connectivity index (χ0) is 18.7. The van der Waals surface area contributed by atoms with Crippen molar-refractivity contribution in [3.05, 3.63) is 0 Å². The molecule has 0 saturated heterocycles. The van der Waals surface area contributed by atoms with Crippen LogP contribution in [0.1, 0.15) is 104 Å². The van der Waals surface area contributed by atoms with E-state index in [2.05, 4.69) is 18.0 Å². The maximum Gasteiger partial charge on any atom is 0.397 e. The first-order valence-corrected chi connectivity index (χ1v) is 11.1. The van der Waals surface area contributed by atoms with Gasteiger partial charge in [0.2, 0.25) is 0 Å². The molecule has 0 aromatic heterocycles. The van der Waals surface area contributed by atoms with Gasteiger partial charge in [-0.25, -0.2) is 4.18 Å². The van der Waals surface area contributed by atoms with Crippen molar-refractivity contribution in [1.82, 2.24) is 0 Å². The highest BCUT2D eigenvalue weighted by molar-refractivity contribution is 7.80. The highest BCUT2D eigenvalue weighted by Gasteiger charge is 1.98. The standard InChI is InChI=1S/C16H35N.C2H6O4S/c1-3-4-5-6-7-8-9-10-11-12-13-14-15-16(2)17;1-2-6-7(3,4)5/h16H,3-15,17H2,1-2H3;2H2,1H3,(H,3,4,5).